The van der Waals surface area contributed by atoms with E-state index in [4.69, 9.17) is 14.2 Å². The van der Waals surface area contributed by atoms with E-state index in [0.717, 1.165) is 17.7 Å². The molecule has 2 aliphatic carbocycles. The summed E-state index contributed by atoms with van der Waals surface area (Å²) in [6.07, 6.45) is 2.29. The van der Waals surface area contributed by atoms with Crippen LogP contribution in [-0.2, 0) is 21.4 Å². The molecular weight excluding hydrogens is 362 g/mol. The van der Waals surface area contributed by atoms with Crippen molar-refractivity contribution in [1.82, 2.24) is 4.90 Å². The number of hydrogen-bond donors (Lipinski definition) is 2. The number of nitrogens with zero attached hydrogens (tertiary/aromatic N) is 1. The highest BCUT2D eigenvalue weighted by Gasteiger charge is 2.65. The summed E-state index contributed by atoms with van der Waals surface area (Å²) in [5, 5.41) is 22.8. The zero-order valence-electron chi connectivity index (χ0n) is 16.7. The first-order valence-electron chi connectivity index (χ1n) is 9.53. The number of ether oxygens (including phenoxy) is 3. The summed E-state index contributed by atoms with van der Waals surface area (Å²) in [5.41, 5.74) is -0.309. The SMILES string of the molecule is COC1=C[C@]2(O)[C@@H]3Cc4ccc(OC)c(OC(C)=O)c4[C@]2(CCN3C)CC1O. The van der Waals surface area contributed by atoms with Gasteiger partial charge in [-0.25, -0.2) is 0 Å². The van der Waals surface area contributed by atoms with E-state index >= 15 is 0 Å². The number of carbonyl (C=O) groups excluding carboxylic acids is 1. The monoisotopic (exact) mass is 389 g/mol. The Hall–Kier alpha value is -2.09. The molecule has 3 aliphatic rings. The van der Waals surface area contributed by atoms with Crippen molar-refractivity contribution in [2.75, 3.05) is 27.8 Å². The van der Waals surface area contributed by atoms with E-state index in [2.05, 4.69) is 4.90 Å². The number of rotatable bonds is 3. The number of aliphatic hydroxyl groups is 2. The fourth-order valence-corrected chi connectivity index (χ4v) is 5.47. The Kier molecular flexibility index (Phi) is 4.45. The maximum Gasteiger partial charge on any atom is 0.308 e. The fourth-order valence-electron chi connectivity index (χ4n) is 5.47. The van der Waals surface area contributed by atoms with Crippen LogP contribution in [0, 0.1) is 0 Å². The molecule has 4 atom stereocenters. The zero-order chi connectivity index (χ0) is 20.3. The number of fused-ring (bicyclic) bond motifs is 1. The molecular formula is C21H27NO6. The van der Waals surface area contributed by atoms with Gasteiger partial charge in [0, 0.05) is 23.9 Å². The predicted octanol–water partition coefficient (Wildman–Crippen LogP) is 1.14. The van der Waals surface area contributed by atoms with Crippen molar-refractivity contribution in [3.63, 3.8) is 0 Å². The summed E-state index contributed by atoms with van der Waals surface area (Å²) < 4.78 is 16.5. The topological polar surface area (TPSA) is 88.5 Å². The summed E-state index contributed by atoms with van der Waals surface area (Å²) in [6.45, 7) is 2.10. The minimum atomic E-state index is -1.27. The molecule has 4 rings (SSSR count). The Morgan fingerprint density at radius 3 is 2.68 bits per heavy atom. The molecule has 28 heavy (non-hydrogen) atoms. The summed E-state index contributed by atoms with van der Waals surface area (Å²) in [4.78, 5) is 14.0. The number of benzene rings is 1. The third-order valence-electron chi connectivity index (χ3n) is 6.73. The van der Waals surface area contributed by atoms with Crippen LogP contribution in [0.25, 0.3) is 0 Å². The lowest BCUT2D eigenvalue weighted by atomic mass is 9.50. The highest BCUT2D eigenvalue weighted by molar-refractivity contribution is 5.73. The van der Waals surface area contributed by atoms with Crippen molar-refractivity contribution < 1.29 is 29.2 Å². The summed E-state index contributed by atoms with van der Waals surface area (Å²) in [7, 11) is 5.02. The van der Waals surface area contributed by atoms with Crippen molar-refractivity contribution in [2.45, 2.75) is 49.3 Å². The van der Waals surface area contributed by atoms with Crippen molar-refractivity contribution in [2.24, 2.45) is 0 Å². The lowest BCUT2D eigenvalue weighted by Gasteiger charge is -2.62. The van der Waals surface area contributed by atoms with Gasteiger partial charge in [0.1, 0.15) is 17.5 Å². The number of carbonyl (C=O) groups is 1. The number of aliphatic hydroxyl groups excluding tert-OH is 1. The molecule has 0 spiro atoms. The molecule has 7 nitrogen and oxygen atoms in total. The van der Waals surface area contributed by atoms with Crippen LogP contribution in [0.15, 0.2) is 24.0 Å². The second-order valence-electron chi connectivity index (χ2n) is 8.05. The van der Waals surface area contributed by atoms with Crippen molar-refractivity contribution >= 4 is 5.97 Å². The van der Waals surface area contributed by atoms with Gasteiger partial charge in [-0.1, -0.05) is 6.07 Å². The quantitative estimate of drug-likeness (QED) is 0.592. The molecule has 1 aromatic rings. The molecule has 0 saturated carbocycles. The number of likely N-dealkylation sites (tertiary alicyclic amines) is 1. The van der Waals surface area contributed by atoms with Gasteiger partial charge in [-0.3, -0.25) is 9.69 Å². The summed E-state index contributed by atoms with van der Waals surface area (Å²) >= 11 is 0. The van der Waals surface area contributed by atoms with E-state index in [-0.39, 0.29) is 12.5 Å². The van der Waals surface area contributed by atoms with Gasteiger partial charge in [0.15, 0.2) is 11.5 Å². The van der Waals surface area contributed by atoms with E-state index in [1.54, 1.807) is 12.1 Å². The number of methoxy groups -OCH3 is 2. The molecule has 1 unspecified atom stereocenters. The molecule has 1 fully saturated rings. The molecule has 0 amide bonds. The van der Waals surface area contributed by atoms with E-state index in [0.29, 0.717) is 30.1 Å². The van der Waals surface area contributed by atoms with Crippen molar-refractivity contribution in [3.8, 4) is 11.5 Å². The van der Waals surface area contributed by atoms with Gasteiger partial charge in [-0.2, -0.15) is 0 Å². The van der Waals surface area contributed by atoms with Crippen LogP contribution in [0.5, 0.6) is 11.5 Å². The Labute approximate surface area is 164 Å². The Balaban J connectivity index is 2.03. The maximum atomic E-state index is 12.0. The Morgan fingerprint density at radius 2 is 2.04 bits per heavy atom. The average molecular weight is 389 g/mol. The first-order chi connectivity index (χ1) is 13.3. The van der Waals surface area contributed by atoms with Crippen molar-refractivity contribution in [3.05, 3.63) is 35.1 Å². The molecule has 1 aromatic carbocycles. The molecule has 0 radical (unpaired) electrons. The highest BCUT2D eigenvalue weighted by atomic mass is 16.6. The molecule has 0 aromatic heterocycles. The average Bonchev–Trinajstić information content (AvgIpc) is 2.64. The number of hydrogen-bond acceptors (Lipinski definition) is 7. The summed E-state index contributed by atoms with van der Waals surface area (Å²) in [5.74, 6) is 0.708. The van der Waals surface area contributed by atoms with Gasteiger partial charge < -0.3 is 24.4 Å². The van der Waals surface area contributed by atoms with Gasteiger partial charge in [0.05, 0.1) is 14.2 Å². The van der Waals surface area contributed by atoms with Crippen LogP contribution >= 0.6 is 0 Å². The fraction of sp³-hybridized carbons (Fsp3) is 0.571. The second-order valence-corrected chi connectivity index (χ2v) is 8.05. The molecule has 1 heterocycles. The van der Waals surface area contributed by atoms with Crippen LogP contribution in [0.3, 0.4) is 0 Å². The molecule has 1 aliphatic heterocycles. The second kappa shape index (κ2) is 6.47. The Morgan fingerprint density at radius 1 is 1.29 bits per heavy atom. The first-order valence-corrected chi connectivity index (χ1v) is 9.53. The van der Waals surface area contributed by atoms with Gasteiger partial charge >= 0.3 is 5.97 Å². The largest absolute Gasteiger partial charge is 0.499 e. The van der Waals surface area contributed by atoms with Gasteiger partial charge in [-0.05, 0) is 50.6 Å². The molecule has 2 bridgehead atoms. The number of piperidine rings is 1. The van der Waals surface area contributed by atoms with Gasteiger partial charge in [-0.15, -0.1) is 0 Å². The minimum absolute atomic E-state index is 0.176. The van der Waals surface area contributed by atoms with E-state index in [9.17, 15) is 15.0 Å². The standard InChI is InChI=1S/C21H27NO6/c1-12(23)28-19-15(26-3)6-5-13-9-17-21(25)11-16(27-4)14(24)10-20(21,18(13)19)7-8-22(17)2/h5-6,11,14,17,24-25H,7-10H2,1-4H3/t14?,17-,20-,21-/m0/s1. The maximum absolute atomic E-state index is 12.0. The van der Waals surface area contributed by atoms with E-state index < -0.39 is 23.1 Å². The smallest absolute Gasteiger partial charge is 0.308 e. The number of esters is 1. The van der Waals surface area contributed by atoms with Crippen LogP contribution in [-0.4, -0.2) is 66.6 Å². The zero-order valence-corrected chi connectivity index (χ0v) is 16.7. The molecule has 7 heteroatoms. The predicted molar refractivity (Wildman–Crippen MR) is 101 cm³/mol. The minimum Gasteiger partial charge on any atom is -0.499 e. The molecule has 2 N–H and O–H groups in total. The normalized spacial score (nSPS) is 34.0. The third-order valence-corrected chi connectivity index (χ3v) is 6.73. The first kappa shape index (κ1) is 19.2. The lowest BCUT2D eigenvalue weighted by molar-refractivity contribution is -0.136. The van der Waals surface area contributed by atoms with Crippen LogP contribution in [0.1, 0.15) is 30.9 Å². The van der Waals surface area contributed by atoms with E-state index in [1.807, 2.05) is 13.1 Å². The molecule has 1 saturated heterocycles. The van der Waals surface area contributed by atoms with Gasteiger partial charge in [0.25, 0.3) is 0 Å². The summed E-state index contributed by atoms with van der Waals surface area (Å²) in [6, 6.07) is 3.59. The highest BCUT2D eigenvalue weighted by Crippen LogP contribution is 2.60. The Bertz CT molecular complexity index is 852. The third kappa shape index (κ3) is 2.43. The molecule has 152 valence electrons. The number of likely N-dealkylation sites (N-methyl/N-ethyl adjacent to an activating group) is 1. The van der Waals surface area contributed by atoms with Crippen LogP contribution < -0.4 is 9.47 Å². The van der Waals surface area contributed by atoms with Crippen molar-refractivity contribution in [1.29, 1.82) is 0 Å². The van der Waals surface area contributed by atoms with Crippen LogP contribution in [0.2, 0.25) is 0 Å². The van der Waals surface area contributed by atoms with Crippen LogP contribution in [0.4, 0.5) is 0 Å². The van der Waals surface area contributed by atoms with E-state index in [1.165, 1.54) is 21.1 Å². The lowest BCUT2D eigenvalue weighted by Crippen LogP contribution is -2.72. The van der Waals surface area contributed by atoms with Gasteiger partial charge in [0.2, 0.25) is 0 Å².